The number of allylic oxidation sites excluding steroid dienone is 1. The minimum Gasteiger partial charge on any atom is -0.313 e. The van der Waals surface area contributed by atoms with Crippen LogP contribution in [0.1, 0.15) is 19.4 Å². The van der Waals surface area contributed by atoms with Gasteiger partial charge in [-0.2, -0.15) is 5.10 Å². The molecule has 0 aliphatic rings. The van der Waals surface area contributed by atoms with Crippen molar-refractivity contribution >= 4 is 11.8 Å². The standard InChI is InChI=1S/C13H18N2/c1-11(2)13(15-14-3)10-9-12-7-5-4-6-8-12/h4-11,14H,1-3H3/b10-9+,15-13-. The van der Waals surface area contributed by atoms with Crippen molar-refractivity contribution < 1.29 is 0 Å². The van der Waals surface area contributed by atoms with Crippen LogP contribution in [0, 0.1) is 5.92 Å². The van der Waals surface area contributed by atoms with Gasteiger partial charge in [-0.3, -0.25) is 0 Å². The zero-order valence-corrected chi connectivity index (χ0v) is 9.57. The third-order valence-electron chi connectivity index (χ3n) is 2.08. The molecule has 80 valence electrons. The summed E-state index contributed by atoms with van der Waals surface area (Å²) in [4.78, 5) is 0. The molecule has 0 fully saturated rings. The molecule has 0 aliphatic carbocycles. The van der Waals surface area contributed by atoms with Gasteiger partial charge in [-0.25, -0.2) is 0 Å². The Morgan fingerprint density at radius 3 is 2.47 bits per heavy atom. The Hall–Kier alpha value is -1.57. The highest BCUT2D eigenvalue weighted by Gasteiger charge is 1.99. The molecule has 0 atom stereocenters. The second-order valence-corrected chi connectivity index (χ2v) is 3.66. The number of hydrogen-bond acceptors (Lipinski definition) is 2. The molecular weight excluding hydrogens is 184 g/mol. The van der Waals surface area contributed by atoms with Gasteiger partial charge >= 0.3 is 0 Å². The summed E-state index contributed by atoms with van der Waals surface area (Å²) >= 11 is 0. The van der Waals surface area contributed by atoms with Crippen LogP contribution in [0.15, 0.2) is 41.5 Å². The number of rotatable bonds is 4. The van der Waals surface area contributed by atoms with Gasteiger partial charge in [0.05, 0.1) is 5.71 Å². The molecule has 0 aromatic heterocycles. The van der Waals surface area contributed by atoms with E-state index in [9.17, 15) is 0 Å². The second-order valence-electron chi connectivity index (χ2n) is 3.66. The number of nitrogens with one attached hydrogen (secondary N) is 1. The summed E-state index contributed by atoms with van der Waals surface area (Å²) < 4.78 is 0. The zero-order chi connectivity index (χ0) is 11.1. The van der Waals surface area contributed by atoms with E-state index in [-0.39, 0.29) is 0 Å². The normalized spacial score (nSPS) is 12.4. The Balaban J connectivity index is 2.75. The van der Waals surface area contributed by atoms with Crippen LogP contribution in [0.4, 0.5) is 0 Å². The first-order chi connectivity index (χ1) is 7.24. The minimum atomic E-state index is 0.428. The van der Waals surface area contributed by atoms with Crippen LogP contribution in [0.2, 0.25) is 0 Å². The van der Waals surface area contributed by atoms with Crippen molar-refractivity contribution in [1.82, 2.24) is 5.43 Å². The highest BCUT2D eigenvalue weighted by molar-refractivity contribution is 5.99. The van der Waals surface area contributed by atoms with Crippen molar-refractivity contribution in [2.24, 2.45) is 11.0 Å². The summed E-state index contributed by atoms with van der Waals surface area (Å²) in [5.41, 5.74) is 5.08. The van der Waals surface area contributed by atoms with Crippen molar-refractivity contribution in [3.63, 3.8) is 0 Å². The maximum Gasteiger partial charge on any atom is 0.0628 e. The fourth-order valence-corrected chi connectivity index (χ4v) is 1.23. The minimum absolute atomic E-state index is 0.428. The van der Waals surface area contributed by atoms with Crippen LogP contribution < -0.4 is 5.43 Å². The third kappa shape index (κ3) is 3.98. The lowest BCUT2D eigenvalue weighted by atomic mass is 10.1. The highest BCUT2D eigenvalue weighted by Crippen LogP contribution is 2.04. The van der Waals surface area contributed by atoms with Gasteiger partial charge in [0.15, 0.2) is 0 Å². The first-order valence-corrected chi connectivity index (χ1v) is 5.21. The second kappa shape index (κ2) is 6.02. The van der Waals surface area contributed by atoms with Gasteiger partial charge in [0, 0.05) is 7.05 Å². The van der Waals surface area contributed by atoms with Crippen LogP contribution in [0.25, 0.3) is 6.08 Å². The fourth-order valence-electron chi connectivity index (χ4n) is 1.23. The van der Waals surface area contributed by atoms with E-state index in [4.69, 9.17) is 0 Å². The van der Waals surface area contributed by atoms with Gasteiger partial charge in [0.2, 0.25) is 0 Å². The Labute approximate surface area is 91.7 Å². The third-order valence-corrected chi connectivity index (χ3v) is 2.08. The summed E-state index contributed by atoms with van der Waals surface area (Å²) in [6, 6.07) is 10.2. The van der Waals surface area contributed by atoms with Gasteiger partial charge in [0.25, 0.3) is 0 Å². The molecule has 0 aliphatic heterocycles. The van der Waals surface area contributed by atoms with Crippen LogP contribution in [-0.4, -0.2) is 12.8 Å². The fraction of sp³-hybridized carbons (Fsp3) is 0.308. The number of benzene rings is 1. The first kappa shape index (κ1) is 11.5. The maximum atomic E-state index is 4.22. The lowest BCUT2D eigenvalue weighted by molar-refractivity contribution is 0.832. The van der Waals surface area contributed by atoms with Crippen LogP contribution in [0.3, 0.4) is 0 Å². The first-order valence-electron chi connectivity index (χ1n) is 5.21. The average Bonchev–Trinajstić information content (AvgIpc) is 2.25. The van der Waals surface area contributed by atoms with E-state index in [2.05, 4.69) is 48.7 Å². The van der Waals surface area contributed by atoms with E-state index in [0.717, 1.165) is 5.71 Å². The summed E-state index contributed by atoms with van der Waals surface area (Å²) in [6.07, 6.45) is 4.13. The Bertz CT molecular complexity index is 337. The van der Waals surface area contributed by atoms with Gasteiger partial charge < -0.3 is 5.43 Å². The van der Waals surface area contributed by atoms with E-state index in [0.29, 0.717) is 5.92 Å². The van der Waals surface area contributed by atoms with Gasteiger partial charge in [-0.05, 0) is 17.6 Å². The summed E-state index contributed by atoms with van der Waals surface area (Å²) in [6.45, 7) is 4.26. The Kier molecular flexibility index (Phi) is 4.61. The SMILES string of the molecule is CN/N=C(/C=C/c1ccccc1)C(C)C. The van der Waals surface area contributed by atoms with Gasteiger partial charge in [-0.15, -0.1) is 0 Å². The molecule has 1 aromatic carbocycles. The molecule has 2 heteroatoms. The molecule has 1 rings (SSSR count). The molecule has 0 spiro atoms. The van der Waals surface area contributed by atoms with Crippen LogP contribution in [0.5, 0.6) is 0 Å². The van der Waals surface area contributed by atoms with E-state index in [1.54, 1.807) is 0 Å². The number of nitrogens with zero attached hydrogens (tertiary/aromatic N) is 1. The average molecular weight is 202 g/mol. The highest BCUT2D eigenvalue weighted by atomic mass is 15.3. The molecule has 1 N–H and O–H groups in total. The largest absolute Gasteiger partial charge is 0.313 e. The number of hydrazone groups is 1. The van der Waals surface area contributed by atoms with Crippen LogP contribution >= 0.6 is 0 Å². The molecule has 0 amide bonds. The molecule has 1 aromatic rings. The summed E-state index contributed by atoms with van der Waals surface area (Å²) in [7, 11) is 1.82. The van der Waals surface area contributed by atoms with E-state index in [1.165, 1.54) is 5.56 Å². The topological polar surface area (TPSA) is 24.4 Å². The predicted molar refractivity (Wildman–Crippen MR) is 66.8 cm³/mol. The smallest absolute Gasteiger partial charge is 0.0628 e. The molecule has 15 heavy (non-hydrogen) atoms. The summed E-state index contributed by atoms with van der Waals surface area (Å²) in [5.74, 6) is 0.428. The monoisotopic (exact) mass is 202 g/mol. The van der Waals surface area contributed by atoms with Crippen molar-refractivity contribution in [3.05, 3.63) is 42.0 Å². The lowest BCUT2D eigenvalue weighted by Crippen LogP contribution is -2.09. The number of hydrogen-bond donors (Lipinski definition) is 1. The molecular formula is C13H18N2. The maximum absolute atomic E-state index is 4.22. The molecule has 0 saturated heterocycles. The van der Waals surface area contributed by atoms with E-state index < -0.39 is 0 Å². The van der Waals surface area contributed by atoms with Crippen molar-refractivity contribution in [3.8, 4) is 0 Å². The van der Waals surface area contributed by atoms with Gasteiger partial charge in [0.1, 0.15) is 0 Å². The van der Waals surface area contributed by atoms with E-state index >= 15 is 0 Å². The summed E-state index contributed by atoms with van der Waals surface area (Å²) in [5, 5.41) is 4.22. The zero-order valence-electron chi connectivity index (χ0n) is 9.57. The molecule has 0 radical (unpaired) electrons. The van der Waals surface area contributed by atoms with Gasteiger partial charge in [-0.1, -0.05) is 50.3 Å². The van der Waals surface area contributed by atoms with Crippen molar-refractivity contribution in [1.29, 1.82) is 0 Å². The lowest BCUT2D eigenvalue weighted by Gasteiger charge is -2.04. The van der Waals surface area contributed by atoms with Crippen molar-refractivity contribution in [2.75, 3.05) is 7.05 Å². The molecule has 0 unspecified atom stereocenters. The molecule has 0 bridgehead atoms. The Morgan fingerprint density at radius 1 is 1.27 bits per heavy atom. The van der Waals surface area contributed by atoms with E-state index in [1.807, 2.05) is 25.2 Å². The van der Waals surface area contributed by atoms with Crippen molar-refractivity contribution in [2.45, 2.75) is 13.8 Å². The molecule has 0 saturated carbocycles. The predicted octanol–water partition coefficient (Wildman–Crippen LogP) is 2.93. The Morgan fingerprint density at radius 2 is 1.93 bits per heavy atom. The quantitative estimate of drug-likeness (QED) is 0.589. The molecule has 0 heterocycles. The van der Waals surface area contributed by atoms with Crippen LogP contribution in [-0.2, 0) is 0 Å². The molecule has 2 nitrogen and oxygen atoms in total.